The van der Waals surface area contributed by atoms with Crippen LogP contribution in [0, 0.1) is 0 Å². The second kappa shape index (κ2) is 4.52. The average Bonchev–Trinajstić information content (AvgIpc) is 1.83. The molecule has 0 radical (unpaired) electrons. The zero-order valence-corrected chi connectivity index (χ0v) is 6.84. The van der Waals surface area contributed by atoms with E-state index >= 15 is 0 Å². The second-order valence-electron chi connectivity index (χ2n) is 1.60. The molecule has 0 bridgehead atoms. The van der Waals surface area contributed by atoms with Crippen molar-refractivity contribution in [3.8, 4) is 0 Å². The molecule has 0 aromatic rings. The van der Waals surface area contributed by atoms with Gasteiger partial charge in [-0.2, -0.15) is 13.2 Å². The molecular weight excluding hydrogens is 201 g/mol. The fourth-order valence-corrected chi connectivity index (χ4v) is 0.319. The van der Waals surface area contributed by atoms with E-state index in [0.29, 0.717) is 0 Å². The SMILES string of the molecule is CCC(=O)C(=O)C(F)(F)F.[Cr]. The van der Waals surface area contributed by atoms with Crippen molar-refractivity contribution in [3.05, 3.63) is 0 Å². The second-order valence-corrected chi connectivity index (χ2v) is 1.60. The fraction of sp³-hybridized carbons (Fsp3) is 0.600. The van der Waals surface area contributed by atoms with Crippen molar-refractivity contribution in [2.45, 2.75) is 19.5 Å². The molecule has 0 aliphatic heterocycles. The number of carbonyl (C=O) groups excluding carboxylic acids is 2. The quantitative estimate of drug-likeness (QED) is 0.634. The summed E-state index contributed by atoms with van der Waals surface area (Å²) >= 11 is 0. The maximum Gasteiger partial charge on any atom is 0.458 e. The third-order valence-electron chi connectivity index (χ3n) is 0.832. The third kappa shape index (κ3) is 4.17. The summed E-state index contributed by atoms with van der Waals surface area (Å²) in [6.07, 6.45) is -5.41. The summed E-state index contributed by atoms with van der Waals surface area (Å²) in [6, 6.07) is 0. The number of alkyl halides is 3. The van der Waals surface area contributed by atoms with Gasteiger partial charge in [0.15, 0.2) is 0 Å². The third-order valence-corrected chi connectivity index (χ3v) is 0.832. The molecule has 0 fully saturated rings. The number of hydrogen-bond donors (Lipinski definition) is 0. The van der Waals surface area contributed by atoms with Gasteiger partial charge < -0.3 is 0 Å². The largest absolute Gasteiger partial charge is 0.458 e. The summed E-state index contributed by atoms with van der Waals surface area (Å²) in [5, 5.41) is 0. The Morgan fingerprint density at radius 2 is 1.64 bits per heavy atom. The Bertz CT molecular complexity index is 164. The molecule has 0 saturated carbocycles. The summed E-state index contributed by atoms with van der Waals surface area (Å²) in [4.78, 5) is 20.0. The number of rotatable bonds is 2. The van der Waals surface area contributed by atoms with Gasteiger partial charge in [0.2, 0.25) is 5.78 Å². The van der Waals surface area contributed by atoms with E-state index in [4.69, 9.17) is 0 Å². The van der Waals surface area contributed by atoms with E-state index in [2.05, 4.69) is 0 Å². The predicted octanol–water partition coefficient (Wildman–Crippen LogP) is 1.09. The van der Waals surface area contributed by atoms with Crippen LogP contribution in [0.1, 0.15) is 13.3 Å². The topological polar surface area (TPSA) is 34.1 Å². The summed E-state index contributed by atoms with van der Waals surface area (Å²) in [7, 11) is 0. The number of ketones is 2. The molecule has 0 rings (SSSR count). The average molecular weight is 206 g/mol. The van der Waals surface area contributed by atoms with Crippen molar-refractivity contribution in [3.63, 3.8) is 0 Å². The van der Waals surface area contributed by atoms with E-state index in [1.165, 1.54) is 6.92 Å². The van der Waals surface area contributed by atoms with E-state index in [1.807, 2.05) is 0 Å². The van der Waals surface area contributed by atoms with E-state index < -0.39 is 24.2 Å². The van der Waals surface area contributed by atoms with Gasteiger partial charge in [-0.05, 0) is 0 Å². The number of Topliss-reactive ketones (excluding diaryl/α,β-unsaturated/α-hetero) is 2. The van der Waals surface area contributed by atoms with Crippen LogP contribution in [0.15, 0.2) is 0 Å². The number of halogens is 3. The van der Waals surface area contributed by atoms with Crippen LogP contribution in [0.2, 0.25) is 0 Å². The van der Waals surface area contributed by atoms with Gasteiger partial charge in [0, 0.05) is 23.8 Å². The van der Waals surface area contributed by atoms with E-state index in [-0.39, 0.29) is 17.4 Å². The monoisotopic (exact) mass is 206 g/mol. The number of hydrogen-bond acceptors (Lipinski definition) is 2. The Morgan fingerprint density at radius 3 is 1.73 bits per heavy atom. The normalized spacial score (nSPS) is 10.2. The van der Waals surface area contributed by atoms with E-state index in [9.17, 15) is 22.8 Å². The van der Waals surface area contributed by atoms with Crippen molar-refractivity contribution in [2.24, 2.45) is 0 Å². The van der Waals surface area contributed by atoms with Crippen LogP contribution in [0.25, 0.3) is 0 Å². The summed E-state index contributed by atoms with van der Waals surface area (Å²) in [5.74, 6) is -3.66. The molecule has 0 unspecified atom stereocenters. The Hall–Kier alpha value is -0.338. The van der Waals surface area contributed by atoms with Gasteiger partial charge in [-0.15, -0.1) is 0 Å². The first-order valence-corrected chi connectivity index (χ1v) is 2.54. The predicted molar refractivity (Wildman–Crippen MR) is 26.4 cm³/mol. The van der Waals surface area contributed by atoms with Crippen molar-refractivity contribution in [2.75, 3.05) is 0 Å². The minimum absolute atomic E-state index is 0. The van der Waals surface area contributed by atoms with Crippen molar-refractivity contribution < 1.29 is 40.1 Å². The maximum absolute atomic E-state index is 11.3. The first-order valence-electron chi connectivity index (χ1n) is 2.54. The Balaban J connectivity index is 0. The van der Waals surface area contributed by atoms with Gasteiger partial charge in [-0.1, -0.05) is 6.92 Å². The molecule has 0 aliphatic carbocycles. The zero-order chi connectivity index (χ0) is 8.36. The van der Waals surface area contributed by atoms with Crippen LogP contribution in [-0.4, -0.2) is 17.7 Å². The van der Waals surface area contributed by atoms with Crippen LogP contribution in [-0.2, 0) is 27.0 Å². The van der Waals surface area contributed by atoms with Gasteiger partial charge >= 0.3 is 12.0 Å². The standard InChI is InChI=1S/C5H5F3O2.Cr/c1-2-3(9)4(10)5(6,7)8;/h2H2,1H3;. The zero-order valence-electron chi connectivity index (χ0n) is 5.57. The summed E-state index contributed by atoms with van der Waals surface area (Å²) in [6.45, 7) is 1.20. The molecule has 0 atom stereocenters. The number of carbonyl (C=O) groups is 2. The molecule has 11 heavy (non-hydrogen) atoms. The minimum atomic E-state index is -5.01. The van der Waals surface area contributed by atoms with Crippen molar-refractivity contribution >= 4 is 11.6 Å². The van der Waals surface area contributed by atoms with Gasteiger partial charge in [-0.25, -0.2) is 0 Å². The molecule has 0 aromatic carbocycles. The van der Waals surface area contributed by atoms with Gasteiger partial charge in [0.25, 0.3) is 0 Å². The molecular formula is C5H5CrF3O2. The first kappa shape index (κ1) is 13.3. The Kier molecular flexibility index (Phi) is 5.45. The molecule has 0 heterocycles. The van der Waals surface area contributed by atoms with Crippen LogP contribution >= 0.6 is 0 Å². The van der Waals surface area contributed by atoms with E-state index in [0.717, 1.165) is 0 Å². The van der Waals surface area contributed by atoms with Crippen LogP contribution in [0.3, 0.4) is 0 Å². The molecule has 64 valence electrons. The molecule has 0 N–H and O–H groups in total. The Labute approximate surface area is 71.9 Å². The molecule has 6 heteroatoms. The molecule has 2 nitrogen and oxygen atoms in total. The van der Waals surface area contributed by atoms with Crippen molar-refractivity contribution in [1.82, 2.24) is 0 Å². The fourth-order valence-electron chi connectivity index (χ4n) is 0.319. The molecule has 0 aliphatic rings. The van der Waals surface area contributed by atoms with E-state index in [1.54, 1.807) is 0 Å². The Morgan fingerprint density at radius 1 is 1.27 bits per heavy atom. The molecule has 0 aromatic heterocycles. The van der Waals surface area contributed by atoms with Gasteiger partial charge in [0.05, 0.1) is 0 Å². The van der Waals surface area contributed by atoms with Crippen LogP contribution < -0.4 is 0 Å². The van der Waals surface area contributed by atoms with Gasteiger partial charge in [-0.3, -0.25) is 9.59 Å². The van der Waals surface area contributed by atoms with Crippen LogP contribution in [0.5, 0.6) is 0 Å². The first-order chi connectivity index (χ1) is 4.39. The minimum Gasteiger partial charge on any atom is -0.291 e. The maximum atomic E-state index is 11.3. The molecule has 0 spiro atoms. The van der Waals surface area contributed by atoms with Crippen molar-refractivity contribution in [1.29, 1.82) is 0 Å². The summed E-state index contributed by atoms with van der Waals surface area (Å²) < 4.78 is 33.9. The smallest absolute Gasteiger partial charge is 0.291 e. The molecule has 0 saturated heterocycles. The van der Waals surface area contributed by atoms with Gasteiger partial charge in [0.1, 0.15) is 0 Å². The summed E-state index contributed by atoms with van der Waals surface area (Å²) in [5.41, 5.74) is 0. The molecule has 0 amide bonds. The van der Waals surface area contributed by atoms with Crippen LogP contribution in [0.4, 0.5) is 13.2 Å².